The van der Waals surface area contributed by atoms with Crippen LogP contribution in [-0.2, 0) is 4.79 Å². The zero-order valence-corrected chi connectivity index (χ0v) is 15.7. The Kier molecular flexibility index (Phi) is 6.26. The minimum absolute atomic E-state index is 0.0685. The average molecular weight is 380 g/mol. The summed E-state index contributed by atoms with van der Waals surface area (Å²) in [7, 11) is 0. The van der Waals surface area contributed by atoms with Crippen LogP contribution in [-0.4, -0.2) is 36.9 Å². The number of amides is 3. The molecule has 0 saturated heterocycles. The molecular weight excluding hydrogens is 356 g/mol. The summed E-state index contributed by atoms with van der Waals surface area (Å²) in [6.45, 7) is 2.46. The highest BCUT2D eigenvalue weighted by Crippen LogP contribution is 2.19. The first-order chi connectivity index (χ1) is 13.5. The fourth-order valence-electron chi connectivity index (χ4n) is 2.62. The van der Waals surface area contributed by atoms with E-state index in [0.717, 1.165) is 18.5 Å². The first kappa shape index (κ1) is 19.4. The SMILES string of the molecule is CCNC(=O)c1cccc(NC(=O)CNc2ccc(C(=O)NC3CC3)cc2)c1. The third kappa shape index (κ3) is 5.57. The van der Waals surface area contributed by atoms with E-state index in [1.165, 1.54) is 0 Å². The van der Waals surface area contributed by atoms with Gasteiger partial charge in [-0.15, -0.1) is 0 Å². The fraction of sp³-hybridized carbons (Fsp3) is 0.286. The third-order valence-electron chi connectivity index (χ3n) is 4.26. The Morgan fingerprint density at radius 2 is 1.68 bits per heavy atom. The molecule has 1 saturated carbocycles. The van der Waals surface area contributed by atoms with E-state index in [9.17, 15) is 14.4 Å². The van der Waals surface area contributed by atoms with Crippen LogP contribution in [0.1, 0.15) is 40.5 Å². The summed E-state index contributed by atoms with van der Waals surface area (Å²) in [4.78, 5) is 36.0. The molecule has 0 unspecified atom stereocenters. The van der Waals surface area contributed by atoms with Crippen molar-refractivity contribution in [1.29, 1.82) is 0 Å². The zero-order chi connectivity index (χ0) is 19.9. The second-order valence-electron chi connectivity index (χ2n) is 6.67. The van der Waals surface area contributed by atoms with Gasteiger partial charge in [-0.25, -0.2) is 0 Å². The molecule has 2 aromatic carbocycles. The summed E-state index contributed by atoms with van der Waals surface area (Å²) in [6.07, 6.45) is 2.10. The highest BCUT2D eigenvalue weighted by atomic mass is 16.2. The van der Waals surface area contributed by atoms with Crippen molar-refractivity contribution in [3.05, 3.63) is 59.7 Å². The van der Waals surface area contributed by atoms with Crippen LogP contribution in [0, 0.1) is 0 Å². The van der Waals surface area contributed by atoms with Gasteiger partial charge in [0.1, 0.15) is 0 Å². The van der Waals surface area contributed by atoms with Gasteiger partial charge in [0.15, 0.2) is 0 Å². The van der Waals surface area contributed by atoms with E-state index in [2.05, 4.69) is 21.3 Å². The van der Waals surface area contributed by atoms with Gasteiger partial charge in [0.2, 0.25) is 5.91 Å². The van der Waals surface area contributed by atoms with Gasteiger partial charge in [0, 0.05) is 35.1 Å². The average Bonchev–Trinajstić information content (AvgIpc) is 3.51. The number of benzene rings is 2. The van der Waals surface area contributed by atoms with Gasteiger partial charge in [0.25, 0.3) is 11.8 Å². The largest absolute Gasteiger partial charge is 0.376 e. The summed E-state index contributed by atoms with van der Waals surface area (Å²) in [5, 5.41) is 11.4. The number of hydrogen-bond acceptors (Lipinski definition) is 4. The molecule has 3 rings (SSSR count). The van der Waals surface area contributed by atoms with Crippen molar-refractivity contribution in [2.24, 2.45) is 0 Å². The van der Waals surface area contributed by atoms with Crippen molar-refractivity contribution < 1.29 is 14.4 Å². The second-order valence-corrected chi connectivity index (χ2v) is 6.67. The molecule has 2 aromatic rings. The Hall–Kier alpha value is -3.35. The third-order valence-corrected chi connectivity index (χ3v) is 4.26. The molecule has 7 nitrogen and oxygen atoms in total. The molecule has 0 bridgehead atoms. The van der Waals surface area contributed by atoms with Gasteiger partial charge >= 0.3 is 0 Å². The van der Waals surface area contributed by atoms with Gasteiger partial charge in [-0.05, 0) is 62.2 Å². The summed E-state index contributed by atoms with van der Waals surface area (Å²) in [5.74, 6) is -0.482. The van der Waals surface area contributed by atoms with Crippen molar-refractivity contribution in [1.82, 2.24) is 10.6 Å². The molecule has 146 valence electrons. The molecule has 0 spiro atoms. The normalized spacial score (nSPS) is 12.8. The Bertz CT molecular complexity index is 860. The molecule has 28 heavy (non-hydrogen) atoms. The monoisotopic (exact) mass is 380 g/mol. The van der Waals surface area contributed by atoms with Crippen LogP contribution in [0.4, 0.5) is 11.4 Å². The second kappa shape index (κ2) is 9.03. The van der Waals surface area contributed by atoms with Crippen LogP contribution in [0.2, 0.25) is 0 Å². The topological polar surface area (TPSA) is 99.3 Å². The van der Waals surface area contributed by atoms with Crippen LogP contribution < -0.4 is 21.3 Å². The predicted octanol–water partition coefficient (Wildman–Crippen LogP) is 2.38. The van der Waals surface area contributed by atoms with Crippen molar-refractivity contribution >= 4 is 29.1 Å². The highest BCUT2D eigenvalue weighted by Gasteiger charge is 2.23. The van der Waals surface area contributed by atoms with Gasteiger partial charge in [-0.1, -0.05) is 6.07 Å². The quantitative estimate of drug-likeness (QED) is 0.565. The van der Waals surface area contributed by atoms with Crippen molar-refractivity contribution in [3.8, 4) is 0 Å². The van der Waals surface area contributed by atoms with Crippen LogP contribution in [0.25, 0.3) is 0 Å². The molecule has 1 aliphatic carbocycles. The highest BCUT2D eigenvalue weighted by molar-refractivity contribution is 5.98. The van der Waals surface area contributed by atoms with E-state index in [-0.39, 0.29) is 24.3 Å². The summed E-state index contributed by atoms with van der Waals surface area (Å²) in [6, 6.07) is 14.1. The smallest absolute Gasteiger partial charge is 0.251 e. The van der Waals surface area contributed by atoms with Crippen molar-refractivity contribution in [2.75, 3.05) is 23.7 Å². The number of carbonyl (C=O) groups is 3. The van der Waals surface area contributed by atoms with Crippen LogP contribution in [0.3, 0.4) is 0 Å². The number of rotatable bonds is 8. The molecule has 3 amide bonds. The van der Waals surface area contributed by atoms with Crippen LogP contribution in [0.5, 0.6) is 0 Å². The maximum atomic E-state index is 12.2. The van der Waals surface area contributed by atoms with E-state index in [0.29, 0.717) is 29.4 Å². The van der Waals surface area contributed by atoms with E-state index in [1.807, 2.05) is 6.92 Å². The van der Waals surface area contributed by atoms with Crippen LogP contribution in [0.15, 0.2) is 48.5 Å². The lowest BCUT2D eigenvalue weighted by atomic mass is 10.2. The summed E-state index contributed by atoms with van der Waals surface area (Å²) in [5.41, 5.74) is 2.40. The fourth-order valence-corrected chi connectivity index (χ4v) is 2.62. The number of hydrogen-bond donors (Lipinski definition) is 4. The van der Waals surface area contributed by atoms with E-state index >= 15 is 0 Å². The maximum absolute atomic E-state index is 12.2. The molecule has 1 fully saturated rings. The first-order valence-corrected chi connectivity index (χ1v) is 9.38. The van der Waals surface area contributed by atoms with Crippen LogP contribution >= 0.6 is 0 Å². The summed E-state index contributed by atoms with van der Waals surface area (Å²) < 4.78 is 0. The number of nitrogens with one attached hydrogen (secondary N) is 4. The predicted molar refractivity (Wildman–Crippen MR) is 108 cm³/mol. The lowest BCUT2D eigenvalue weighted by Crippen LogP contribution is -2.25. The minimum atomic E-state index is -0.233. The van der Waals surface area contributed by atoms with Crippen molar-refractivity contribution in [2.45, 2.75) is 25.8 Å². The number of carbonyl (C=O) groups excluding carboxylic acids is 3. The standard InChI is InChI=1S/C21H24N4O3/c1-2-22-20(27)15-4-3-5-18(12-15)24-19(26)13-23-16-8-6-14(7-9-16)21(28)25-17-10-11-17/h3-9,12,17,23H,2,10-11,13H2,1H3,(H,22,27)(H,24,26)(H,25,28). The Morgan fingerprint density at radius 1 is 0.929 bits per heavy atom. The molecule has 0 atom stereocenters. The van der Waals surface area contributed by atoms with E-state index in [4.69, 9.17) is 0 Å². The number of anilines is 2. The van der Waals surface area contributed by atoms with Gasteiger partial charge < -0.3 is 21.3 Å². The van der Waals surface area contributed by atoms with Gasteiger partial charge in [-0.3, -0.25) is 14.4 Å². The molecule has 7 heteroatoms. The summed E-state index contributed by atoms with van der Waals surface area (Å²) >= 11 is 0. The Morgan fingerprint density at radius 3 is 2.36 bits per heavy atom. The Balaban J connectivity index is 1.49. The first-order valence-electron chi connectivity index (χ1n) is 9.38. The zero-order valence-electron chi connectivity index (χ0n) is 15.7. The molecular formula is C21H24N4O3. The molecule has 4 N–H and O–H groups in total. The molecule has 0 aromatic heterocycles. The Labute approximate surface area is 163 Å². The lowest BCUT2D eigenvalue weighted by molar-refractivity contribution is -0.114. The maximum Gasteiger partial charge on any atom is 0.251 e. The van der Waals surface area contributed by atoms with Gasteiger partial charge in [0.05, 0.1) is 6.54 Å². The molecule has 0 aliphatic heterocycles. The van der Waals surface area contributed by atoms with Crippen molar-refractivity contribution in [3.63, 3.8) is 0 Å². The molecule has 1 aliphatic rings. The lowest BCUT2D eigenvalue weighted by Gasteiger charge is -2.10. The van der Waals surface area contributed by atoms with E-state index < -0.39 is 0 Å². The molecule has 0 heterocycles. The van der Waals surface area contributed by atoms with E-state index in [1.54, 1.807) is 48.5 Å². The molecule has 0 radical (unpaired) electrons. The minimum Gasteiger partial charge on any atom is -0.376 e. The van der Waals surface area contributed by atoms with Gasteiger partial charge in [-0.2, -0.15) is 0 Å².